The van der Waals surface area contributed by atoms with E-state index in [0.29, 0.717) is 12.5 Å². The molecule has 1 amide bonds. The molecule has 162 valence electrons. The molecule has 0 aromatic heterocycles. The van der Waals surface area contributed by atoms with Crippen LogP contribution >= 0.6 is 0 Å². The lowest BCUT2D eigenvalue weighted by atomic mass is 9.98. The maximum atomic E-state index is 12.5. The summed E-state index contributed by atoms with van der Waals surface area (Å²) in [6, 6.07) is 14.4. The molecule has 1 unspecified atom stereocenters. The molecule has 3 rings (SSSR count). The maximum Gasteiger partial charge on any atom is 0.261 e. The third-order valence-electron chi connectivity index (χ3n) is 5.51. The molecule has 1 aliphatic heterocycles. The zero-order valence-electron chi connectivity index (χ0n) is 18.6. The van der Waals surface area contributed by atoms with Crippen LogP contribution in [0.4, 0.5) is 0 Å². The zero-order chi connectivity index (χ0) is 21.5. The molecule has 1 saturated heterocycles. The van der Waals surface area contributed by atoms with Gasteiger partial charge in [-0.05, 0) is 54.2 Å². The molecule has 1 N–H and O–H groups in total. The van der Waals surface area contributed by atoms with Gasteiger partial charge in [-0.2, -0.15) is 0 Å². The van der Waals surface area contributed by atoms with Gasteiger partial charge in [-0.15, -0.1) is 0 Å². The number of hydrogen-bond donors (Lipinski definition) is 1. The summed E-state index contributed by atoms with van der Waals surface area (Å²) in [6.45, 7) is 13.2. The monoisotopic (exact) mass is 410 g/mol. The second kappa shape index (κ2) is 10.6. The predicted octanol–water partition coefficient (Wildman–Crippen LogP) is 4.03. The molecule has 30 heavy (non-hydrogen) atoms. The fourth-order valence-electron chi connectivity index (χ4n) is 3.82. The molecule has 5 heteroatoms. The van der Waals surface area contributed by atoms with Crippen molar-refractivity contribution in [2.24, 2.45) is 0 Å². The van der Waals surface area contributed by atoms with Gasteiger partial charge in [0.05, 0.1) is 13.2 Å². The van der Waals surface area contributed by atoms with Crippen molar-refractivity contribution in [2.45, 2.75) is 52.8 Å². The lowest BCUT2D eigenvalue weighted by Crippen LogP contribution is -2.36. The first-order chi connectivity index (χ1) is 14.4. The standard InChI is InChI=1S/C25H34N2O3/c1-18(2)24-9-8-23(14-19(24)3)30-20(4)25(28)26-16-21-6-5-7-22(15-21)17-27-10-12-29-13-11-27/h5-9,14-15,18,20H,10-13,16-17H2,1-4H3,(H,26,28). The Labute approximate surface area is 180 Å². The Morgan fingerprint density at radius 2 is 1.83 bits per heavy atom. The van der Waals surface area contributed by atoms with Crippen LogP contribution < -0.4 is 10.1 Å². The molecule has 2 aromatic rings. The Kier molecular flexibility index (Phi) is 7.88. The highest BCUT2D eigenvalue weighted by molar-refractivity contribution is 5.80. The first kappa shape index (κ1) is 22.3. The van der Waals surface area contributed by atoms with E-state index in [-0.39, 0.29) is 5.91 Å². The SMILES string of the molecule is Cc1cc(OC(C)C(=O)NCc2cccc(CN3CCOCC3)c2)ccc1C(C)C. The van der Waals surface area contributed by atoms with Crippen LogP contribution in [0.5, 0.6) is 5.75 Å². The van der Waals surface area contributed by atoms with Gasteiger partial charge in [0.2, 0.25) is 0 Å². The summed E-state index contributed by atoms with van der Waals surface area (Å²) >= 11 is 0. The molecule has 1 atom stereocenters. The van der Waals surface area contributed by atoms with E-state index < -0.39 is 6.10 Å². The highest BCUT2D eigenvalue weighted by atomic mass is 16.5. The quantitative estimate of drug-likeness (QED) is 0.714. The molecular weight excluding hydrogens is 376 g/mol. The van der Waals surface area contributed by atoms with Gasteiger partial charge in [0.1, 0.15) is 5.75 Å². The van der Waals surface area contributed by atoms with Gasteiger partial charge in [0, 0.05) is 26.2 Å². The molecule has 1 heterocycles. The molecule has 0 spiro atoms. The number of nitrogens with one attached hydrogen (secondary N) is 1. The van der Waals surface area contributed by atoms with E-state index in [0.717, 1.165) is 44.2 Å². The van der Waals surface area contributed by atoms with Crippen molar-refractivity contribution in [2.75, 3.05) is 26.3 Å². The molecule has 0 aliphatic carbocycles. The zero-order valence-corrected chi connectivity index (χ0v) is 18.6. The van der Waals surface area contributed by atoms with Gasteiger partial charge in [-0.1, -0.05) is 44.2 Å². The summed E-state index contributed by atoms with van der Waals surface area (Å²) in [5, 5.41) is 3.00. The number of carbonyl (C=O) groups excluding carboxylic acids is 1. The lowest BCUT2D eigenvalue weighted by Gasteiger charge is -2.26. The van der Waals surface area contributed by atoms with Gasteiger partial charge in [0.25, 0.3) is 5.91 Å². The highest BCUT2D eigenvalue weighted by Crippen LogP contribution is 2.24. The number of carbonyl (C=O) groups is 1. The summed E-state index contributed by atoms with van der Waals surface area (Å²) in [7, 11) is 0. The summed E-state index contributed by atoms with van der Waals surface area (Å²) in [5.74, 6) is 1.09. The third-order valence-corrected chi connectivity index (χ3v) is 5.51. The van der Waals surface area contributed by atoms with Crippen LogP contribution in [0.25, 0.3) is 0 Å². The Morgan fingerprint density at radius 1 is 1.10 bits per heavy atom. The minimum absolute atomic E-state index is 0.112. The fraction of sp³-hybridized carbons (Fsp3) is 0.480. The highest BCUT2D eigenvalue weighted by Gasteiger charge is 2.16. The Hall–Kier alpha value is -2.37. The van der Waals surface area contributed by atoms with Crippen LogP contribution in [0, 0.1) is 6.92 Å². The van der Waals surface area contributed by atoms with E-state index >= 15 is 0 Å². The van der Waals surface area contributed by atoms with Crippen molar-refractivity contribution in [1.82, 2.24) is 10.2 Å². The second-order valence-electron chi connectivity index (χ2n) is 8.36. The maximum absolute atomic E-state index is 12.5. The number of ether oxygens (including phenoxy) is 2. The average Bonchev–Trinajstić information content (AvgIpc) is 2.73. The van der Waals surface area contributed by atoms with Crippen molar-refractivity contribution in [3.05, 3.63) is 64.7 Å². The number of morpholine rings is 1. The summed E-state index contributed by atoms with van der Waals surface area (Å²) in [4.78, 5) is 14.9. The molecule has 2 aromatic carbocycles. The normalized spacial score (nSPS) is 15.8. The first-order valence-electron chi connectivity index (χ1n) is 10.8. The fourth-order valence-corrected chi connectivity index (χ4v) is 3.82. The molecule has 0 saturated carbocycles. The first-order valence-corrected chi connectivity index (χ1v) is 10.8. The molecule has 1 fully saturated rings. The topological polar surface area (TPSA) is 50.8 Å². The number of nitrogens with zero attached hydrogens (tertiary/aromatic N) is 1. The summed E-state index contributed by atoms with van der Waals surface area (Å²) < 4.78 is 11.3. The largest absolute Gasteiger partial charge is 0.481 e. The molecule has 5 nitrogen and oxygen atoms in total. The van der Waals surface area contributed by atoms with E-state index in [4.69, 9.17) is 9.47 Å². The molecule has 1 aliphatic rings. The number of rotatable bonds is 8. The van der Waals surface area contributed by atoms with Crippen molar-refractivity contribution in [1.29, 1.82) is 0 Å². The third kappa shape index (κ3) is 6.31. The van der Waals surface area contributed by atoms with Gasteiger partial charge in [0.15, 0.2) is 6.10 Å². The van der Waals surface area contributed by atoms with Crippen molar-refractivity contribution in [3.63, 3.8) is 0 Å². The van der Waals surface area contributed by atoms with Gasteiger partial charge in [-0.3, -0.25) is 9.69 Å². The van der Waals surface area contributed by atoms with Crippen molar-refractivity contribution >= 4 is 5.91 Å². The van der Waals surface area contributed by atoms with Crippen molar-refractivity contribution in [3.8, 4) is 5.75 Å². The summed E-state index contributed by atoms with van der Waals surface area (Å²) in [6.07, 6.45) is -0.550. The minimum atomic E-state index is -0.550. The van der Waals surface area contributed by atoms with Crippen LogP contribution in [0.15, 0.2) is 42.5 Å². The van der Waals surface area contributed by atoms with E-state index in [9.17, 15) is 4.79 Å². The smallest absolute Gasteiger partial charge is 0.261 e. The van der Waals surface area contributed by atoms with Gasteiger partial charge < -0.3 is 14.8 Å². The van der Waals surface area contributed by atoms with Crippen LogP contribution in [-0.2, 0) is 22.6 Å². The van der Waals surface area contributed by atoms with Crippen LogP contribution in [0.3, 0.4) is 0 Å². The number of amides is 1. The van der Waals surface area contributed by atoms with Crippen LogP contribution in [0.2, 0.25) is 0 Å². The van der Waals surface area contributed by atoms with E-state index in [1.165, 1.54) is 16.7 Å². The second-order valence-corrected chi connectivity index (χ2v) is 8.36. The number of aryl methyl sites for hydroxylation is 1. The van der Waals surface area contributed by atoms with Crippen LogP contribution in [0.1, 0.15) is 48.9 Å². The number of hydrogen-bond acceptors (Lipinski definition) is 4. The Bertz CT molecular complexity index is 844. The van der Waals surface area contributed by atoms with E-state index in [1.807, 2.05) is 18.2 Å². The summed E-state index contributed by atoms with van der Waals surface area (Å²) in [5.41, 5.74) is 4.84. The van der Waals surface area contributed by atoms with Gasteiger partial charge >= 0.3 is 0 Å². The molecule has 0 bridgehead atoms. The van der Waals surface area contributed by atoms with Crippen LogP contribution in [-0.4, -0.2) is 43.2 Å². The molecular formula is C25H34N2O3. The Morgan fingerprint density at radius 3 is 2.53 bits per heavy atom. The minimum Gasteiger partial charge on any atom is -0.481 e. The van der Waals surface area contributed by atoms with E-state index in [2.05, 4.69) is 55.3 Å². The van der Waals surface area contributed by atoms with Crippen molar-refractivity contribution < 1.29 is 14.3 Å². The average molecular weight is 411 g/mol. The Balaban J connectivity index is 1.51. The molecule has 0 radical (unpaired) electrons. The van der Waals surface area contributed by atoms with Gasteiger partial charge in [-0.25, -0.2) is 0 Å². The predicted molar refractivity (Wildman–Crippen MR) is 120 cm³/mol. The van der Waals surface area contributed by atoms with E-state index in [1.54, 1.807) is 6.92 Å². The number of benzene rings is 2. The lowest BCUT2D eigenvalue weighted by molar-refractivity contribution is -0.127.